The van der Waals surface area contributed by atoms with Crippen molar-refractivity contribution in [2.75, 3.05) is 5.75 Å². The molecule has 130 valence electrons. The van der Waals surface area contributed by atoms with Crippen molar-refractivity contribution in [3.05, 3.63) is 35.4 Å². The third kappa shape index (κ3) is 5.41. The molecule has 1 aromatic carbocycles. The van der Waals surface area contributed by atoms with Crippen molar-refractivity contribution in [1.82, 2.24) is 0 Å². The quantitative estimate of drug-likeness (QED) is 0.237. The minimum Gasteiger partial charge on any atom is -0.419 e. The first-order chi connectivity index (χ1) is 11.4. The first kappa shape index (κ1) is 18.6. The third-order valence-electron chi connectivity index (χ3n) is 3.57. The second kappa shape index (κ2) is 8.38. The van der Waals surface area contributed by atoms with Crippen LogP contribution >= 0.6 is 11.8 Å². The summed E-state index contributed by atoms with van der Waals surface area (Å²) in [5.74, 6) is -1.39. The van der Waals surface area contributed by atoms with E-state index in [1.807, 2.05) is 36.0 Å². The summed E-state index contributed by atoms with van der Waals surface area (Å²) in [6.07, 6.45) is 6.54. The van der Waals surface area contributed by atoms with E-state index in [-0.39, 0.29) is 5.57 Å². The summed E-state index contributed by atoms with van der Waals surface area (Å²) in [5.41, 5.74) is 0.697. The molecule has 2 rings (SSSR count). The molecule has 0 atom stereocenters. The topological polar surface area (TPSA) is 52.6 Å². The van der Waals surface area contributed by atoms with Gasteiger partial charge in [0, 0.05) is 18.7 Å². The zero-order chi connectivity index (χ0) is 17.6. The minimum absolute atomic E-state index is 0.0747. The van der Waals surface area contributed by atoms with Crippen molar-refractivity contribution in [2.45, 2.75) is 57.1 Å². The predicted molar refractivity (Wildman–Crippen MR) is 95.5 cm³/mol. The molecule has 5 heteroatoms. The highest BCUT2D eigenvalue weighted by atomic mass is 32.2. The maximum Gasteiger partial charge on any atom is 0.348 e. The molecule has 0 unspecified atom stereocenters. The van der Waals surface area contributed by atoms with Gasteiger partial charge in [-0.25, -0.2) is 9.59 Å². The van der Waals surface area contributed by atoms with E-state index >= 15 is 0 Å². The van der Waals surface area contributed by atoms with Crippen molar-refractivity contribution in [2.24, 2.45) is 0 Å². The van der Waals surface area contributed by atoms with Gasteiger partial charge in [0.1, 0.15) is 5.57 Å². The van der Waals surface area contributed by atoms with Gasteiger partial charge < -0.3 is 9.47 Å². The summed E-state index contributed by atoms with van der Waals surface area (Å²) in [5, 5.41) is 0. The van der Waals surface area contributed by atoms with Crippen LogP contribution in [0.15, 0.2) is 34.7 Å². The average Bonchev–Trinajstić information content (AvgIpc) is 2.51. The molecule has 1 aliphatic rings. The number of rotatable bonds is 7. The van der Waals surface area contributed by atoms with Crippen LogP contribution in [-0.4, -0.2) is 23.5 Å². The number of hydrogen-bond donors (Lipinski definition) is 0. The standard InChI is InChI=1S/C19H24O4S/c1-4-5-6-7-12-24-15-10-8-14(9-11-15)13-16-17(20)22-19(2,3)23-18(16)21/h8-11,13H,4-7,12H2,1-3H3. The molecule has 24 heavy (non-hydrogen) atoms. The number of carbonyl (C=O) groups excluding carboxylic acids is 2. The van der Waals surface area contributed by atoms with Gasteiger partial charge in [0.25, 0.3) is 5.79 Å². The highest BCUT2D eigenvalue weighted by Gasteiger charge is 2.38. The van der Waals surface area contributed by atoms with E-state index in [0.29, 0.717) is 0 Å². The zero-order valence-electron chi connectivity index (χ0n) is 14.5. The Hall–Kier alpha value is -1.75. The Bertz CT molecular complexity index is 595. The lowest BCUT2D eigenvalue weighted by molar-refractivity contribution is -0.222. The first-order valence-electron chi connectivity index (χ1n) is 8.32. The van der Waals surface area contributed by atoms with Crippen LogP contribution in [0.1, 0.15) is 52.0 Å². The lowest BCUT2D eigenvalue weighted by atomic mass is 10.1. The highest BCUT2D eigenvalue weighted by molar-refractivity contribution is 7.99. The van der Waals surface area contributed by atoms with E-state index in [1.165, 1.54) is 50.5 Å². The number of thioether (sulfide) groups is 1. The number of ether oxygens (including phenoxy) is 2. The fourth-order valence-corrected chi connectivity index (χ4v) is 3.24. The molecular formula is C19H24O4S. The normalized spacial score (nSPS) is 16.5. The molecule has 1 aromatic rings. The Morgan fingerprint density at radius 1 is 1.00 bits per heavy atom. The van der Waals surface area contributed by atoms with Crippen LogP contribution in [0, 0.1) is 0 Å². The molecule has 0 amide bonds. The van der Waals surface area contributed by atoms with E-state index in [9.17, 15) is 9.59 Å². The number of hydrogen-bond acceptors (Lipinski definition) is 5. The summed E-state index contributed by atoms with van der Waals surface area (Å²) in [7, 11) is 0. The largest absolute Gasteiger partial charge is 0.419 e. The highest BCUT2D eigenvalue weighted by Crippen LogP contribution is 2.25. The van der Waals surface area contributed by atoms with Crippen molar-refractivity contribution in [3.63, 3.8) is 0 Å². The van der Waals surface area contributed by atoms with E-state index < -0.39 is 17.7 Å². The average molecular weight is 348 g/mol. The fraction of sp³-hybridized carbons (Fsp3) is 0.474. The predicted octanol–water partition coefficient (Wildman–Crippen LogP) is 4.58. The summed E-state index contributed by atoms with van der Waals surface area (Å²) in [4.78, 5) is 25.0. The molecule has 1 aliphatic heterocycles. The molecule has 0 bridgehead atoms. The van der Waals surface area contributed by atoms with Gasteiger partial charge in [0.05, 0.1) is 0 Å². The van der Waals surface area contributed by atoms with Gasteiger partial charge in [-0.1, -0.05) is 38.3 Å². The molecule has 0 aromatic heterocycles. The molecule has 0 spiro atoms. The van der Waals surface area contributed by atoms with Crippen molar-refractivity contribution in [3.8, 4) is 0 Å². The lowest BCUT2D eigenvalue weighted by Crippen LogP contribution is -2.41. The second-order valence-electron chi connectivity index (χ2n) is 6.22. The monoisotopic (exact) mass is 348 g/mol. The van der Waals surface area contributed by atoms with E-state index in [4.69, 9.17) is 9.47 Å². The van der Waals surface area contributed by atoms with E-state index in [2.05, 4.69) is 6.92 Å². The Morgan fingerprint density at radius 2 is 1.62 bits per heavy atom. The third-order valence-corrected chi connectivity index (χ3v) is 4.67. The van der Waals surface area contributed by atoms with Crippen LogP contribution in [0.5, 0.6) is 0 Å². The van der Waals surface area contributed by atoms with Crippen molar-refractivity contribution < 1.29 is 19.1 Å². The molecule has 0 radical (unpaired) electrons. The number of esters is 2. The minimum atomic E-state index is -1.20. The summed E-state index contributed by atoms with van der Waals surface area (Å²) >= 11 is 1.82. The van der Waals surface area contributed by atoms with Gasteiger partial charge in [-0.15, -0.1) is 11.8 Å². The van der Waals surface area contributed by atoms with E-state index in [0.717, 1.165) is 11.3 Å². The van der Waals surface area contributed by atoms with Crippen LogP contribution in [-0.2, 0) is 19.1 Å². The first-order valence-corrected chi connectivity index (χ1v) is 9.31. The molecule has 0 N–H and O–H groups in total. The van der Waals surface area contributed by atoms with Gasteiger partial charge in [-0.3, -0.25) is 0 Å². The van der Waals surface area contributed by atoms with Crippen molar-refractivity contribution in [1.29, 1.82) is 0 Å². The van der Waals surface area contributed by atoms with Gasteiger partial charge in [-0.05, 0) is 35.9 Å². The number of cyclic esters (lactones) is 2. The number of carbonyl (C=O) groups is 2. The lowest BCUT2D eigenvalue weighted by Gasteiger charge is -2.29. The van der Waals surface area contributed by atoms with Crippen LogP contribution in [0.4, 0.5) is 0 Å². The van der Waals surface area contributed by atoms with Crippen LogP contribution in [0.2, 0.25) is 0 Å². The summed E-state index contributed by atoms with van der Waals surface area (Å²) in [6, 6.07) is 7.78. The molecule has 1 fully saturated rings. The van der Waals surface area contributed by atoms with Gasteiger partial charge >= 0.3 is 11.9 Å². The van der Waals surface area contributed by atoms with Gasteiger partial charge in [0.15, 0.2) is 0 Å². The van der Waals surface area contributed by atoms with Gasteiger partial charge in [0.2, 0.25) is 0 Å². The molecule has 4 nitrogen and oxygen atoms in total. The van der Waals surface area contributed by atoms with Crippen LogP contribution in [0.3, 0.4) is 0 Å². The molecule has 1 heterocycles. The van der Waals surface area contributed by atoms with Gasteiger partial charge in [-0.2, -0.15) is 0 Å². The van der Waals surface area contributed by atoms with Crippen molar-refractivity contribution >= 4 is 29.8 Å². The zero-order valence-corrected chi connectivity index (χ0v) is 15.3. The molecule has 0 aliphatic carbocycles. The Balaban J connectivity index is 1.96. The molecule has 1 saturated heterocycles. The second-order valence-corrected chi connectivity index (χ2v) is 7.38. The maximum atomic E-state index is 11.9. The Kier molecular flexibility index (Phi) is 6.49. The maximum absolute atomic E-state index is 11.9. The number of unbranched alkanes of at least 4 members (excludes halogenated alkanes) is 3. The smallest absolute Gasteiger partial charge is 0.348 e. The summed E-state index contributed by atoms with van der Waals surface area (Å²) < 4.78 is 10.2. The fourth-order valence-electron chi connectivity index (χ4n) is 2.32. The van der Waals surface area contributed by atoms with Crippen LogP contribution < -0.4 is 0 Å². The summed E-state index contributed by atoms with van der Waals surface area (Å²) in [6.45, 7) is 5.28. The Labute approximate surface area is 147 Å². The molecule has 0 saturated carbocycles. The number of benzene rings is 1. The molecular weight excluding hydrogens is 324 g/mol. The van der Waals surface area contributed by atoms with Crippen LogP contribution in [0.25, 0.3) is 6.08 Å². The van der Waals surface area contributed by atoms with E-state index in [1.54, 1.807) is 0 Å². The Morgan fingerprint density at radius 3 is 2.21 bits per heavy atom. The SMILES string of the molecule is CCCCCCSc1ccc(C=C2C(=O)OC(C)(C)OC2=O)cc1.